The maximum Gasteiger partial charge on any atom is 0.243 e. The lowest BCUT2D eigenvalue weighted by Gasteiger charge is -2.39. The van der Waals surface area contributed by atoms with Crippen LogP contribution in [0.2, 0.25) is 18.1 Å². The van der Waals surface area contributed by atoms with Crippen LogP contribution in [0.4, 0.5) is 17.3 Å². The molecule has 3 aliphatic rings. The average molecular weight is 579 g/mol. The number of ether oxygens (including phenoxy) is 1. The molecule has 1 aliphatic carbocycles. The maximum absolute atomic E-state index is 14.3. The molecule has 41 heavy (non-hydrogen) atoms. The summed E-state index contributed by atoms with van der Waals surface area (Å²) in [5, 5.41) is 3.35. The van der Waals surface area contributed by atoms with Crippen molar-refractivity contribution in [3.63, 3.8) is 0 Å². The molecule has 1 fully saturated rings. The van der Waals surface area contributed by atoms with Gasteiger partial charge in [0.15, 0.2) is 20.0 Å². The molecule has 0 unspecified atom stereocenters. The minimum atomic E-state index is -2.03. The molecule has 1 saturated carbocycles. The van der Waals surface area contributed by atoms with Gasteiger partial charge in [-0.3, -0.25) is 9.69 Å². The first-order valence-corrected chi connectivity index (χ1v) is 17.7. The third kappa shape index (κ3) is 5.34. The van der Waals surface area contributed by atoms with Crippen LogP contribution in [0.5, 0.6) is 0 Å². The zero-order valence-electron chi connectivity index (χ0n) is 26.4. The molecule has 0 aromatic carbocycles. The van der Waals surface area contributed by atoms with Crippen LogP contribution in [0.25, 0.3) is 5.57 Å². The van der Waals surface area contributed by atoms with Crippen molar-refractivity contribution in [2.75, 3.05) is 17.3 Å². The van der Waals surface area contributed by atoms with Crippen LogP contribution in [0.15, 0.2) is 18.5 Å². The van der Waals surface area contributed by atoms with E-state index in [4.69, 9.17) is 29.1 Å². The van der Waals surface area contributed by atoms with Crippen molar-refractivity contribution in [2.24, 2.45) is 0 Å². The van der Waals surface area contributed by atoms with Crippen LogP contribution in [0.3, 0.4) is 0 Å². The van der Waals surface area contributed by atoms with E-state index in [1.807, 2.05) is 7.05 Å². The van der Waals surface area contributed by atoms with Gasteiger partial charge in [0.2, 0.25) is 5.91 Å². The number of hydrogen-bond acceptors (Lipinski definition) is 8. The lowest BCUT2D eigenvalue weighted by molar-refractivity contribution is -0.122. The number of hydrogen-bond donors (Lipinski definition) is 1. The maximum atomic E-state index is 14.3. The van der Waals surface area contributed by atoms with E-state index >= 15 is 0 Å². The summed E-state index contributed by atoms with van der Waals surface area (Å²) in [6.45, 7) is 19.7. The van der Waals surface area contributed by atoms with Crippen LogP contribution in [0, 0.1) is 0 Å². The third-order valence-electron chi connectivity index (χ3n) is 9.16. The number of amides is 1. The van der Waals surface area contributed by atoms with Gasteiger partial charge in [0.25, 0.3) is 0 Å². The predicted molar refractivity (Wildman–Crippen MR) is 165 cm³/mol. The Kier molecular flexibility index (Phi) is 7.23. The predicted octanol–water partition coefficient (Wildman–Crippen LogP) is 6.68. The Morgan fingerprint density at radius 1 is 1.07 bits per heavy atom. The Morgan fingerprint density at radius 3 is 2.27 bits per heavy atom. The van der Waals surface area contributed by atoms with E-state index in [1.165, 1.54) is 0 Å². The molecular formula is C31H46N6O3Si. The van der Waals surface area contributed by atoms with Gasteiger partial charge in [-0.25, -0.2) is 19.9 Å². The molecule has 9 nitrogen and oxygen atoms in total. The van der Waals surface area contributed by atoms with Gasteiger partial charge < -0.3 is 14.5 Å². The first kappa shape index (κ1) is 29.8. The minimum absolute atomic E-state index is 0.0298. The smallest absolute Gasteiger partial charge is 0.243 e. The molecule has 0 saturated heterocycles. The van der Waals surface area contributed by atoms with Gasteiger partial charge in [0, 0.05) is 13.5 Å². The second-order valence-electron chi connectivity index (χ2n) is 14.5. The molecule has 0 radical (unpaired) electrons. The van der Waals surface area contributed by atoms with Gasteiger partial charge in [-0.05, 0) is 70.3 Å². The number of aromatic nitrogens is 4. The number of nitrogens with zero attached hydrogens (tertiary/aromatic N) is 5. The molecule has 10 heteroatoms. The fourth-order valence-electron chi connectivity index (χ4n) is 6.36. The lowest BCUT2D eigenvalue weighted by atomic mass is 9.80. The minimum Gasteiger partial charge on any atom is -0.409 e. The van der Waals surface area contributed by atoms with Crippen molar-refractivity contribution in [3.05, 3.63) is 35.7 Å². The van der Waals surface area contributed by atoms with Crippen LogP contribution >= 0.6 is 0 Å². The molecule has 4 heterocycles. The number of rotatable bonds is 6. The lowest BCUT2D eigenvalue weighted by Crippen LogP contribution is -2.40. The molecule has 1 amide bonds. The van der Waals surface area contributed by atoms with E-state index in [-0.39, 0.29) is 16.5 Å². The van der Waals surface area contributed by atoms with Gasteiger partial charge in [-0.15, -0.1) is 0 Å². The Hall–Kier alpha value is -2.69. The Morgan fingerprint density at radius 2 is 1.71 bits per heavy atom. The highest BCUT2D eigenvalue weighted by atomic mass is 28.4. The van der Waals surface area contributed by atoms with Crippen LogP contribution < -0.4 is 10.2 Å². The topological polar surface area (TPSA) is 102 Å². The fraction of sp³-hybridized carbons (Fsp3) is 0.645. The third-order valence-corrected chi connectivity index (χ3v) is 13.6. The van der Waals surface area contributed by atoms with Crippen molar-refractivity contribution >= 4 is 37.1 Å². The highest BCUT2D eigenvalue weighted by Crippen LogP contribution is 2.55. The van der Waals surface area contributed by atoms with Crippen molar-refractivity contribution < 1.29 is 14.0 Å². The number of anilines is 3. The zero-order chi connectivity index (χ0) is 30.0. The van der Waals surface area contributed by atoms with E-state index in [1.54, 1.807) is 17.3 Å². The van der Waals surface area contributed by atoms with E-state index in [0.29, 0.717) is 42.0 Å². The molecule has 1 N–H and O–H groups in total. The fourth-order valence-corrected chi connectivity index (χ4v) is 7.28. The standard InChI is InChI=1S/C31H46N6O3Si/c1-28(2,3)41(9,10)39-19-22-35-25(32-8)23-26(36-22)37(27(38)31(23)13-11-12-14-31)21-17-33-24(34-18-21)20-15-29(4,5)40-30(6,7)16-20/h15,17-18H,11-14,16,19H2,1-10H3,(H,32,35,36). The molecule has 0 bridgehead atoms. The molecular weight excluding hydrogens is 532 g/mol. The number of nitrogens with one attached hydrogen (secondary N) is 1. The van der Waals surface area contributed by atoms with E-state index < -0.39 is 19.3 Å². The van der Waals surface area contributed by atoms with E-state index in [2.05, 4.69) is 73.0 Å². The van der Waals surface area contributed by atoms with E-state index in [9.17, 15) is 4.79 Å². The number of carbonyl (C=O) groups is 1. The van der Waals surface area contributed by atoms with Gasteiger partial charge in [-0.2, -0.15) is 0 Å². The Labute approximate surface area is 245 Å². The number of carbonyl (C=O) groups excluding carboxylic acids is 1. The average Bonchev–Trinajstić information content (AvgIpc) is 3.44. The summed E-state index contributed by atoms with van der Waals surface area (Å²) in [6, 6.07) is 0. The largest absolute Gasteiger partial charge is 0.409 e. The van der Waals surface area contributed by atoms with Crippen molar-refractivity contribution in [1.82, 2.24) is 19.9 Å². The van der Waals surface area contributed by atoms with Crippen LogP contribution in [-0.2, 0) is 26.0 Å². The molecule has 0 atom stereocenters. The van der Waals surface area contributed by atoms with Crippen molar-refractivity contribution in [3.8, 4) is 0 Å². The van der Waals surface area contributed by atoms with Gasteiger partial charge in [0.1, 0.15) is 11.6 Å². The first-order valence-electron chi connectivity index (χ1n) is 14.8. The zero-order valence-corrected chi connectivity index (χ0v) is 27.4. The highest BCUT2D eigenvalue weighted by Gasteiger charge is 2.55. The summed E-state index contributed by atoms with van der Waals surface area (Å²) < 4.78 is 12.7. The first-order chi connectivity index (χ1) is 19.0. The Balaban J connectivity index is 1.55. The quantitative estimate of drug-likeness (QED) is 0.379. The molecule has 2 aromatic heterocycles. The molecule has 5 rings (SSSR count). The van der Waals surface area contributed by atoms with Crippen molar-refractivity contribution in [2.45, 2.75) is 122 Å². The van der Waals surface area contributed by atoms with Gasteiger partial charge in [-0.1, -0.05) is 33.6 Å². The van der Waals surface area contributed by atoms with Gasteiger partial charge in [0.05, 0.1) is 46.9 Å². The van der Waals surface area contributed by atoms with Crippen LogP contribution in [-0.4, -0.2) is 52.4 Å². The summed E-state index contributed by atoms with van der Waals surface area (Å²) in [6.07, 6.45) is 9.86. The summed E-state index contributed by atoms with van der Waals surface area (Å²) in [4.78, 5) is 35.4. The summed E-state index contributed by atoms with van der Waals surface area (Å²) in [7, 11) is -0.166. The summed E-state index contributed by atoms with van der Waals surface area (Å²) in [5.74, 6) is 2.58. The number of fused-ring (bicyclic) bond motifs is 2. The summed E-state index contributed by atoms with van der Waals surface area (Å²) >= 11 is 0. The van der Waals surface area contributed by atoms with Crippen molar-refractivity contribution in [1.29, 1.82) is 0 Å². The van der Waals surface area contributed by atoms with Crippen LogP contribution in [0.1, 0.15) is 97.8 Å². The highest BCUT2D eigenvalue weighted by molar-refractivity contribution is 6.74. The normalized spacial score (nSPS) is 21.3. The monoisotopic (exact) mass is 578 g/mol. The van der Waals surface area contributed by atoms with E-state index in [0.717, 1.165) is 36.8 Å². The molecule has 222 valence electrons. The molecule has 1 spiro atoms. The second-order valence-corrected chi connectivity index (χ2v) is 19.3. The Bertz CT molecular complexity index is 1370. The second kappa shape index (κ2) is 9.95. The van der Waals surface area contributed by atoms with Gasteiger partial charge >= 0.3 is 0 Å². The molecule has 2 aromatic rings. The molecule has 2 aliphatic heterocycles. The SMILES string of the molecule is CNc1nc(CO[Si](C)(C)C(C)(C)C)nc2c1C1(CCCC1)C(=O)N2c1cnc(C2=CC(C)(C)OC(C)(C)C2)nc1. The summed E-state index contributed by atoms with van der Waals surface area (Å²) in [5.41, 5.74) is 1.18.